The molecule has 2 rings (SSSR count). The lowest BCUT2D eigenvalue weighted by atomic mass is 9.99. The number of benzene rings is 2. The van der Waals surface area contributed by atoms with Crippen LogP contribution in [0, 0.1) is 0 Å². The highest BCUT2D eigenvalue weighted by molar-refractivity contribution is 5.89. The van der Waals surface area contributed by atoms with Crippen LogP contribution in [0.3, 0.4) is 0 Å². The average molecular weight is 354 g/mol. The van der Waals surface area contributed by atoms with E-state index in [0.717, 1.165) is 6.42 Å². The van der Waals surface area contributed by atoms with Crippen molar-refractivity contribution in [2.45, 2.75) is 26.2 Å². The number of nitrogens with zero attached hydrogens (tertiary/aromatic N) is 1. The van der Waals surface area contributed by atoms with Gasteiger partial charge in [-0.1, -0.05) is 38.1 Å². The minimum Gasteiger partial charge on any atom is -0.484 e. The van der Waals surface area contributed by atoms with E-state index >= 15 is 0 Å². The number of rotatable bonds is 8. The first-order chi connectivity index (χ1) is 12.5. The van der Waals surface area contributed by atoms with Gasteiger partial charge >= 0.3 is 5.97 Å². The van der Waals surface area contributed by atoms with Gasteiger partial charge in [0, 0.05) is 0 Å². The van der Waals surface area contributed by atoms with E-state index in [2.05, 4.69) is 24.4 Å². The summed E-state index contributed by atoms with van der Waals surface area (Å²) in [5.41, 5.74) is 4.48. The average Bonchev–Trinajstić information content (AvgIpc) is 2.66. The number of carboxylic acid groups (broad SMARTS) is 1. The fraction of sp³-hybridized carbons (Fsp3) is 0.250. The van der Waals surface area contributed by atoms with Gasteiger partial charge in [0.05, 0.1) is 11.8 Å². The molecule has 0 radical (unpaired) electrons. The van der Waals surface area contributed by atoms with Gasteiger partial charge in [0.15, 0.2) is 6.61 Å². The summed E-state index contributed by atoms with van der Waals surface area (Å²) in [6.45, 7) is 4.16. The molecule has 0 saturated carbocycles. The largest absolute Gasteiger partial charge is 0.484 e. The Balaban J connectivity index is 1.78. The molecule has 0 aliphatic rings. The number of aromatic carboxylic acids is 1. The summed E-state index contributed by atoms with van der Waals surface area (Å²) < 4.78 is 5.43. The third-order valence-electron chi connectivity index (χ3n) is 3.99. The van der Waals surface area contributed by atoms with Gasteiger partial charge in [0.1, 0.15) is 5.75 Å². The smallest absolute Gasteiger partial charge is 0.335 e. The van der Waals surface area contributed by atoms with Crippen molar-refractivity contribution < 1.29 is 19.4 Å². The zero-order valence-electron chi connectivity index (χ0n) is 14.8. The molecular formula is C20H22N2O4. The molecule has 26 heavy (non-hydrogen) atoms. The highest BCUT2D eigenvalue weighted by Crippen LogP contribution is 2.21. The molecule has 6 heteroatoms. The highest BCUT2D eigenvalue weighted by Gasteiger charge is 2.05. The Hall–Kier alpha value is -3.15. The zero-order valence-corrected chi connectivity index (χ0v) is 14.8. The fourth-order valence-corrected chi connectivity index (χ4v) is 2.20. The van der Waals surface area contributed by atoms with Crippen LogP contribution in [0.1, 0.15) is 47.7 Å². The van der Waals surface area contributed by atoms with Crippen molar-refractivity contribution >= 4 is 18.1 Å². The van der Waals surface area contributed by atoms with E-state index in [-0.39, 0.29) is 18.1 Å². The maximum absolute atomic E-state index is 11.7. The normalized spacial score (nSPS) is 11.9. The Morgan fingerprint density at radius 1 is 1.15 bits per heavy atom. The first-order valence-corrected chi connectivity index (χ1v) is 8.37. The Morgan fingerprint density at radius 3 is 2.38 bits per heavy atom. The lowest BCUT2D eigenvalue weighted by Gasteiger charge is -2.10. The van der Waals surface area contributed by atoms with Crippen molar-refractivity contribution in [3.63, 3.8) is 0 Å². The van der Waals surface area contributed by atoms with E-state index < -0.39 is 5.97 Å². The predicted octanol–water partition coefficient (Wildman–Crippen LogP) is 3.43. The molecule has 2 aromatic carbocycles. The van der Waals surface area contributed by atoms with Crippen LogP contribution in [-0.2, 0) is 4.79 Å². The highest BCUT2D eigenvalue weighted by atomic mass is 16.5. The number of amides is 1. The molecular weight excluding hydrogens is 332 g/mol. The summed E-state index contributed by atoms with van der Waals surface area (Å²) in [7, 11) is 0. The van der Waals surface area contributed by atoms with Gasteiger partial charge < -0.3 is 9.84 Å². The minimum absolute atomic E-state index is 0.141. The molecule has 1 unspecified atom stereocenters. The van der Waals surface area contributed by atoms with Crippen LogP contribution in [0.2, 0.25) is 0 Å². The maximum Gasteiger partial charge on any atom is 0.335 e. The number of hydrogen-bond donors (Lipinski definition) is 2. The van der Waals surface area contributed by atoms with Gasteiger partial charge in [0.2, 0.25) is 0 Å². The standard InChI is InChI=1S/C20H22N2O4/c1-3-14(2)16-8-10-18(11-9-16)26-13-19(23)22-21-12-15-4-6-17(7-5-15)20(24)25/h4-12,14H,3,13H2,1-2H3,(H,22,23)(H,24,25)/b21-12+. The van der Waals surface area contributed by atoms with Crippen molar-refractivity contribution in [3.05, 3.63) is 65.2 Å². The Labute approximate surface area is 152 Å². The lowest BCUT2D eigenvalue weighted by Crippen LogP contribution is -2.24. The van der Waals surface area contributed by atoms with Crippen LogP contribution in [0.25, 0.3) is 0 Å². The molecule has 0 fully saturated rings. The molecule has 2 N–H and O–H groups in total. The number of nitrogens with one attached hydrogen (secondary N) is 1. The van der Waals surface area contributed by atoms with Crippen LogP contribution in [0.4, 0.5) is 0 Å². The van der Waals surface area contributed by atoms with Gasteiger partial charge in [-0.3, -0.25) is 4.79 Å². The summed E-state index contributed by atoms with van der Waals surface area (Å²) in [5, 5.41) is 12.7. The van der Waals surface area contributed by atoms with Crippen LogP contribution >= 0.6 is 0 Å². The summed E-state index contributed by atoms with van der Waals surface area (Å²) in [5.74, 6) is -0.253. The van der Waals surface area contributed by atoms with E-state index in [4.69, 9.17) is 9.84 Å². The number of hydrogen-bond acceptors (Lipinski definition) is 4. The number of carbonyl (C=O) groups excluding carboxylic acids is 1. The SMILES string of the molecule is CCC(C)c1ccc(OCC(=O)N/N=C/c2ccc(C(=O)O)cc2)cc1. The molecule has 1 atom stereocenters. The predicted molar refractivity (Wildman–Crippen MR) is 99.8 cm³/mol. The first-order valence-electron chi connectivity index (χ1n) is 8.37. The van der Waals surface area contributed by atoms with E-state index in [1.54, 1.807) is 12.1 Å². The van der Waals surface area contributed by atoms with Gasteiger partial charge in [-0.15, -0.1) is 0 Å². The molecule has 0 saturated heterocycles. The van der Waals surface area contributed by atoms with Gasteiger partial charge in [-0.25, -0.2) is 10.2 Å². The molecule has 0 aromatic heterocycles. The van der Waals surface area contributed by atoms with Crippen LogP contribution < -0.4 is 10.2 Å². The van der Waals surface area contributed by atoms with Crippen molar-refractivity contribution in [2.75, 3.05) is 6.61 Å². The number of hydrazone groups is 1. The Kier molecular flexibility index (Phi) is 6.91. The molecule has 0 aliphatic carbocycles. The zero-order chi connectivity index (χ0) is 18.9. The second-order valence-electron chi connectivity index (χ2n) is 5.89. The molecule has 6 nitrogen and oxygen atoms in total. The molecule has 0 bridgehead atoms. The van der Waals surface area contributed by atoms with Crippen molar-refractivity contribution in [2.24, 2.45) is 5.10 Å². The molecule has 0 aliphatic heterocycles. The van der Waals surface area contributed by atoms with E-state index in [0.29, 0.717) is 17.2 Å². The van der Waals surface area contributed by atoms with Gasteiger partial charge in [-0.05, 0) is 47.7 Å². The quantitative estimate of drug-likeness (QED) is 0.561. The summed E-state index contributed by atoms with van der Waals surface area (Å²) in [6.07, 6.45) is 2.50. The van der Waals surface area contributed by atoms with Crippen molar-refractivity contribution in [1.29, 1.82) is 0 Å². The van der Waals surface area contributed by atoms with Gasteiger partial charge in [0.25, 0.3) is 5.91 Å². The van der Waals surface area contributed by atoms with Crippen LogP contribution in [0.15, 0.2) is 53.6 Å². The first kappa shape index (κ1) is 19.2. The monoisotopic (exact) mass is 354 g/mol. The fourth-order valence-electron chi connectivity index (χ4n) is 2.20. The second kappa shape index (κ2) is 9.36. The van der Waals surface area contributed by atoms with Crippen molar-refractivity contribution in [1.82, 2.24) is 5.43 Å². The molecule has 1 amide bonds. The number of carbonyl (C=O) groups is 2. The summed E-state index contributed by atoms with van der Waals surface area (Å²) in [4.78, 5) is 22.5. The van der Waals surface area contributed by atoms with Gasteiger partial charge in [-0.2, -0.15) is 5.10 Å². The molecule has 0 spiro atoms. The molecule has 136 valence electrons. The van der Waals surface area contributed by atoms with Crippen LogP contribution in [-0.4, -0.2) is 29.8 Å². The lowest BCUT2D eigenvalue weighted by molar-refractivity contribution is -0.123. The summed E-state index contributed by atoms with van der Waals surface area (Å²) >= 11 is 0. The number of ether oxygens (including phenoxy) is 1. The Morgan fingerprint density at radius 2 is 1.81 bits per heavy atom. The minimum atomic E-state index is -0.990. The van der Waals surface area contributed by atoms with E-state index in [1.807, 2.05) is 24.3 Å². The second-order valence-corrected chi connectivity index (χ2v) is 5.89. The van der Waals surface area contributed by atoms with E-state index in [9.17, 15) is 9.59 Å². The van der Waals surface area contributed by atoms with Crippen LogP contribution in [0.5, 0.6) is 5.75 Å². The maximum atomic E-state index is 11.7. The third kappa shape index (κ3) is 5.73. The van der Waals surface area contributed by atoms with E-state index in [1.165, 1.54) is 23.9 Å². The molecule has 0 heterocycles. The Bertz CT molecular complexity index is 767. The van der Waals surface area contributed by atoms with Crippen molar-refractivity contribution in [3.8, 4) is 5.75 Å². The molecule has 2 aromatic rings. The summed E-state index contributed by atoms with van der Waals surface area (Å²) in [6, 6.07) is 13.9. The third-order valence-corrected chi connectivity index (χ3v) is 3.99. The topological polar surface area (TPSA) is 88.0 Å². The number of carboxylic acids is 1.